The fourth-order valence-corrected chi connectivity index (χ4v) is 8.09. The van der Waals surface area contributed by atoms with Crippen molar-refractivity contribution in [2.24, 2.45) is 0 Å². The number of aryl methyl sites for hydroxylation is 1. The van der Waals surface area contributed by atoms with Gasteiger partial charge in [0.05, 0.1) is 53.3 Å². The summed E-state index contributed by atoms with van der Waals surface area (Å²) >= 11 is 14.1. The number of rotatable bonds is 13. The van der Waals surface area contributed by atoms with Crippen molar-refractivity contribution in [1.29, 1.82) is 0 Å². The number of hydrogen-bond donors (Lipinski definition) is 2. The van der Waals surface area contributed by atoms with Crippen molar-refractivity contribution >= 4 is 38.9 Å². The molecule has 1 atom stereocenters. The van der Waals surface area contributed by atoms with Gasteiger partial charge in [0.15, 0.2) is 0 Å². The van der Waals surface area contributed by atoms with Crippen molar-refractivity contribution < 1.29 is 22.7 Å². The fourth-order valence-electron chi connectivity index (χ4n) is 6.28. The van der Waals surface area contributed by atoms with Crippen LogP contribution in [-0.2, 0) is 27.6 Å². The maximum atomic E-state index is 11.7. The Morgan fingerprint density at radius 1 is 0.878 bits per heavy atom. The van der Waals surface area contributed by atoms with Crippen molar-refractivity contribution in [3.8, 4) is 45.4 Å². The van der Waals surface area contributed by atoms with Gasteiger partial charge in [0.1, 0.15) is 21.2 Å². The fraction of sp³-hybridized carbons (Fsp3) is 0.400. The molecule has 6 rings (SSSR count). The van der Waals surface area contributed by atoms with Gasteiger partial charge in [-0.1, -0.05) is 59.6 Å². The van der Waals surface area contributed by atoms with Crippen LogP contribution >= 0.6 is 23.2 Å². The van der Waals surface area contributed by atoms with Gasteiger partial charge in [0.25, 0.3) is 0 Å². The Kier molecular flexibility index (Phi) is 10.7. The topological polar surface area (TPSA) is 145 Å². The monoisotopic (exact) mass is 724 g/mol. The molecule has 2 aliphatic rings. The molecule has 2 N–H and O–H groups in total. The van der Waals surface area contributed by atoms with Gasteiger partial charge in [-0.05, 0) is 38.5 Å². The van der Waals surface area contributed by atoms with Crippen molar-refractivity contribution in [2.75, 3.05) is 20.5 Å². The summed E-state index contributed by atoms with van der Waals surface area (Å²) in [6.07, 6.45) is 9.64. The zero-order valence-electron chi connectivity index (χ0n) is 27.5. The van der Waals surface area contributed by atoms with Gasteiger partial charge in [0, 0.05) is 53.6 Å². The third-order valence-electron chi connectivity index (χ3n) is 9.16. The quantitative estimate of drug-likeness (QED) is 0.172. The summed E-state index contributed by atoms with van der Waals surface area (Å²) in [5.74, 6) is 0.905. The molecule has 4 aromatic rings. The summed E-state index contributed by atoms with van der Waals surface area (Å²) in [4.78, 5) is 30.2. The molecule has 11 nitrogen and oxygen atoms in total. The van der Waals surface area contributed by atoms with Crippen molar-refractivity contribution in [3.63, 3.8) is 0 Å². The van der Waals surface area contributed by atoms with Crippen LogP contribution in [0.2, 0.25) is 10.0 Å². The summed E-state index contributed by atoms with van der Waals surface area (Å²) in [5, 5.41) is 6.97. The lowest BCUT2D eigenvalue weighted by atomic mass is 9.92. The predicted octanol–water partition coefficient (Wildman–Crippen LogP) is 5.86. The van der Waals surface area contributed by atoms with Gasteiger partial charge in [-0.15, -0.1) is 0 Å². The Balaban J connectivity index is 1.20. The highest BCUT2D eigenvalue weighted by Gasteiger charge is 2.36. The van der Waals surface area contributed by atoms with E-state index in [-0.39, 0.29) is 23.2 Å². The molecule has 3 heterocycles. The van der Waals surface area contributed by atoms with Crippen LogP contribution in [0.5, 0.6) is 11.8 Å². The number of aromatic nitrogens is 4. The molecule has 0 radical (unpaired) electrons. The highest BCUT2D eigenvalue weighted by atomic mass is 35.5. The Morgan fingerprint density at radius 3 is 1.96 bits per heavy atom. The first kappa shape index (κ1) is 35.0. The van der Waals surface area contributed by atoms with Crippen LogP contribution in [0.4, 0.5) is 0 Å². The van der Waals surface area contributed by atoms with Crippen LogP contribution in [0.1, 0.15) is 49.9 Å². The summed E-state index contributed by atoms with van der Waals surface area (Å²) < 4.78 is 34.7. The molecular weight excluding hydrogens is 687 g/mol. The standard InChI is InChI=1S/C35H38Cl2N6O5S/c1-47-34-27(12-4-7-20-13-14-31(44)41-20)39-17-28(42-34)25-10-5-8-23(32(25)36)24-9-6-11-26(33(24)37)29-18-40-30(35(43-29)48-2)19-38-21-15-22(16-21)49(3,45)46/h5-6,8-11,17-18,20-22,38H,4,7,12-16,19H2,1-3H3,(H,41,44)/t20-,21?,22?/m1/s1. The van der Waals surface area contributed by atoms with Gasteiger partial charge in [-0.25, -0.2) is 18.4 Å². The predicted molar refractivity (Wildman–Crippen MR) is 190 cm³/mol. The maximum absolute atomic E-state index is 11.7. The van der Waals surface area contributed by atoms with E-state index in [4.69, 9.17) is 42.6 Å². The first-order valence-corrected chi connectivity index (χ1v) is 18.9. The van der Waals surface area contributed by atoms with E-state index in [0.29, 0.717) is 93.4 Å². The average Bonchev–Trinajstić information content (AvgIpc) is 3.48. The minimum atomic E-state index is -3.02. The van der Waals surface area contributed by atoms with Gasteiger partial charge < -0.3 is 20.1 Å². The second-order valence-corrected chi connectivity index (χ2v) is 15.5. The van der Waals surface area contributed by atoms with E-state index >= 15 is 0 Å². The lowest BCUT2D eigenvalue weighted by molar-refractivity contribution is -0.119. The molecule has 1 aliphatic carbocycles. The summed E-state index contributed by atoms with van der Waals surface area (Å²) in [5.41, 5.74) is 5.21. The second-order valence-electron chi connectivity index (χ2n) is 12.5. The third-order valence-corrected chi connectivity index (χ3v) is 11.6. The summed E-state index contributed by atoms with van der Waals surface area (Å²) in [6, 6.07) is 11.6. The molecule has 2 aromatic heterocycles. The first-order chi connectivity index (χ1) is 23.5. The minimum absolute atomic E-state index is 0.0978. The van der Waals surface area contributed by atoms with Crippen molar-refractivity contribution in [2.45, 2.75) is 68.8 Å². The third kappa shape index (κ3) is 7.82. The lowest BCUT2D eigenvalue weighted by Crippen LogP contribution is -2.47. The van der Waals surface area contributed by atoms with Crippen LogP contribution in [0.3, 0.4) is 0 Å². The van der Waals surface area contributed by atoms with E-state index in [0.717, 1.165) is 25.0 Å². The van der Waals surface area contributed by atoms with Crippen LogP contribution in [0.25, 0.3) is 33.6 Å². The van der Waals surface area contributed by atoms with Crippen LogP contribution < -0.4 is 20.1 Å². The van der Waals surface area contributed by atoms with Crippen LogP contribution in [0, 0.1) is 0 Å². The van der Waals surface area contributed by atoms with E-state index < -0.39 is 9.84 Å². The molecular formula is C35H38Cl2N6O5S. The van der Waals surface area contributed by atoms with Gasteiger partial charge >= 0.3 is 0 Å². The molecule has 0 spiro atoms. The number of nitrogens with zero attached hydrogens (tertiary/aromatic N) is 4. The van der Waals surface area contributed by atoms with Crippen molar-refractivity contribution in [1.82, 2.24) is 30.6 Å². The molecule has 14 heteroatoms. The molecule has 49 heavy (non-hydrogen) atoms. The number of nitrogens with one attached hydrogen (secondary N) is 2. The molecule has 0 bridgehead atoms. The van der Waals surface area contributed by atoms with E-state index in [9.17, 15) is 13.2 Å². The van der Waals surface area contributed by atoms with Crippen LogP contribution in [-0.4, -0.2) is 72.1 Å². The number of benzene rings is 2. The number of halogens is 2. The molecule has 258 valence electrons. The molecule has 2 fully saturated rings. The Bertz CT molecular complexity index is 1970. The zero-order chi connectivity index (χ0) is 34.7. The minimum Gasteiger partial charge on any atom is -0.480 e. The highest BCUT2D eigenvalue weighted by molar-refractivity contribution is 7.91. The number of sulfone groups is 1. The van der Waals surface area contributed by atoms with Crippen molar-refractivity contribution in [3.05, 3.63) is 70.2 Å². The van der Waals surface area contributed by atoms with E-state index in [2.05, 4.69) is 20.6 Å². The number of carbonyl (C=O) groups is 1. The number of methoxy groups -OCH3 is 2. The van der Waals surface area contributed by atoms with E-state index in [1.54, 1.807) is 19.5 Å². The molecule has 0 unspecified atom stereocenters. The van der Waals surface area contributed by atoms with Gasteiger partial charge in [-0.2, -0.15) is 0 Å². The Morgan fingerprint density at radius 2 is 1.43 bits per heavy atom. The maximum Gasteiger partial charge on any atom is 0.237 e. The van der Waals surface area contributed by atoms with E-state index in [1.807, 2.05) is 36.4 Å². The van der Waals surface area contributed by atoms with Gasteiger partial charge in [-0.3, -0.25) is 14.8 Å². The average molecular weight is 726 g/mol. The molecule has 1 saturated carbocycles. The number of carbonyl (C=O) groups excluding carboxylic acids is 1. The number of amides is 1. The number of hydrogen-bond acceptors (Lipinski definition) is 10. The van der Waals surface area contributed by atoms with E-state index in [1.165, 1.54) is 13.4 Å². The molecule has 1 saturated heterocycles. The first-order valence-electron chi connectivity index (χ1n) is 16.1. The Hall–Kier alpha value is -3.84. The second kappa shape index (κ2) is 15.0. The lowest BCUT2D eigenvalue weighted by Gasteiger charge is -2.34. The molecule has 2 aromatic carbocycles. The summed E-state index contributed by atoms with van der Waals surface area (Å²) in [7, 11) is 0.0827. The SMILES string of the molecule is COc1nc(-c2cccc(-c3cccc(-c4cnc(CNC5CC(S(C)(=O)=O)C5)c(OC)n4)c3Cl)c2Cl)cnc1CCC[C@@H]1CCC(=O)N1. The zero-order valence-corrected chi connectivity index (χ0v) is 29.8. The number of ether oxygens (including phenoxy) is 2. The largest absolute Gasteiger partial charge is 0.480 e. The molecule has 1 aliphatic heterocycles. The Labute approximate surface area is 296 Å². The smallest absolute Gasteiger partial charge is 0.237 e. The molecule has 1 amide bonds. The normalized spacial score (nSPS) is 19.0. The summed E-state index contributed by atoms with van der Waals surface area (Å²) in [6.45, 7) is 0.391. The highest BCUT2D eigenvalue weighted by Crippen LogP contribution is 2.42. The van der Waals surface area contributed by atoms with Gasteiger partial charge in [0.2, 0.25) is 17.7 Å². The van der Waals surface area contributed by atoms with Crippen LogP contribution in [0.15, 0.2) is 48.8 Å².